The fourth-order valence-electron chi connectivity index (χ4n) is 0.0364. The monoisotopic (exact) mass is 126 g/mol. The van der Waals surface area contributed by atoms with Gasteiger partial charge in [0.1, 0.15) is 11.7 Å². The van der Waals surface area contributed by atoms with Crippen LogP contribution in [0.1, 0.15) is 0 Å². The molecule has 0 aromatic heterocycles. The van der Waals surface area contributed by atoms with Crippen LogP contribution in [-0.4, -0.2) is 17.5 Å². The molecule has 0 fully saturated rings. The second-order valence-corrected chi connectivity index (χ2v) is 1.68. The van der Waals surface area contributed by atoms with Crippen molar-refractivity contribution in [2.24, 2.45) is 0 Å². The van der Waals surface area contributed by atoms with Gasteiger partial charge < -0.3 is 4.79 Å². The first-order valence-electron chi connectivity index (χ1n) is 1.46. The number of halogens is 2. The summed E-state index contributed by atoms with van der Waals surface area (Å²) in [7, 11) is 0. The summed E-state index contributed by atoms with van der Waals surface area (Å²) in [5.41, 5.74) is 0. The Labute approximate surface area is 46.2 Å². The molecule has 0 spiro atoms. The zero-order valence-electron chi connectivity index (χ0n) is 3.03. The Morgan fingerprint density at radius 2 is 2.33 bits per heavy atom. The van der Waals surface area contributed by atoms with E-state index in [-0.39, 0.29) is 5.88 Å². The molecule has 1 atom stereocenters. The number of carbonyl (C=O) groups excluding carboxylic acids is 1. The van der Waals surface area contributed by atoms with Crippen LogP contribution >= 0.6 is 23.2 Å². The summed E-state index contributed by atoms with van der Waals surface area (Å²) < 4.78 is 0. The number of hydrogen-bond donors (Lipinski definition) is 0. The molecule has 0 aromatic carbocycles. The first kappa shape index (κ1) is 6.25. The molecule has 0 amide bonds. The van der Waals surface area contributed by atoms with Crippen LogP contribution in [0.25, 0.3) is 0 Å². The summed E-state index contributed by atoms with van der Waals surface area (Å²) in [5.74, 6) is 0.199. The van der Waals surface area contributed by atoms with Gasteiger partial charge in [0, 0.05) is 5.88 Å². The number of hydrogen-bond acceptors (Lipinski definition) is 1. The predicted molar refractivity (Wildman–Crippen MR) is 26.4 cm³/mol. The minimum absolute atomic E-state index is 0.199. The summed E-state index contributed by atoms with van der Waals surface area (Å²) in [5, 5.41) is -0.508. The summed E-state index contributed by atoms with van der Waals surface area (Å²) in [4.78, 5) is 9.52. The minimum atomic E-state index is -0.508. The van der Waals surface area contributed by atoms with E-state index in [1.165, 1.54) is 0 Å². The second kappa shape index (κ2) is 3.44. The molecule has 0 saturated heterocycles. The SMILES string of the molecule is O=C[C@H](Cl)CCl. The lowest BCUT2D eigenvalue weighted by atomic mass is 10.5. The zero-order chi connectivity index (χ0) is 4.99. The molecule has 0 aliphatic carbocycles. The van der Waals surface area contributed by atoms with E-state index in [1.54, 1.807) is 0 Å². The van der Waals surface area contributed by atoms with Gasteiger partial charge in [0.2, 0.25) is 0 Å². The largest absolute Gasteiger partial charge is 0.302 e. The number of alkyl halides is 2. The van der Waals surface area contributed by atoms with Crippen molar-refractivity contribution >= 4 is 29.5 Å². The van der Waals surface area contributed by atoms with E-state index in [4.69, 9.17) is 23.2 Å². The Bertz CT molecular complexity index is 46.1. The Kier molecular flexibility index (Phi) is 3.58. The summed E-state index contributed by atoms with van der Waals surface area (Å²) >= 11 is 10.2. The van der Waals surface area contributed by atoms with E-state index in [1.807, 2.05) is 0 Å². The highest BCUT2D eigenvalue weighted by molar-refractivity contribution is 6.33. The molecule has 3 heteroatoms. The smallest absolute Gasteiger partial charge is 0.139 e. The van der Waals surface area contributed by atoms with Gasteiger partial charge in [-0.15, -0.1) is 23.2 Å². The second-order valence-electron chi connectivity index (χ2n) is 0.806. The van der Waals surface area contributed by atoms with Gasteiger partial charge >= 0.3 is 0 Å². The highest BCUT2D eigenvalue weighted by Gasteiger charge is 1.94. The lowest BCUT2D eigenvalue weighted by Gasteiger charge is -1.84. The first-order chi connectivity index (χ1) is 2.81. The third kappa shape index (κ3) is 2.49. The third-order valence-electron chi connectivity index (χ3n) is 0.295. The first-order valence-corrected chi connectivity index (χ1v) is 2.43. The standard InChI is InChI=1S/C3H4Cl2O/c4-1-3(5)2-6/h2-3H,1H2/t3-/m1/s1. The van der Waals surface area contributed by atoms with Crippen molar-refractivity contribution in [3.63, 3.8) is 0 Å². The van der Waals surface area contributed by atoms with Gasteiger partial charge in [-0.3, -0.25) is 0 Å². The maximum atomic E-state index is 9.52. The highest BCUT2D eigenvalue weighted by atomic mass is 35.5. The zero-order valence-corrected chi connectivity index (χ0v) is 4.54. The van der Waals surface area contributed by atoms with Crippen LogP contribution < -0.4 is 0 Å². The van der Waals surface area contributed by atoms with E-state index in [9.17, 15) is 4.79 Å². The molecule has 0 heterocycles. The van der Waals surface area contributed by atoms with Gasteiger partial charge in [-0.2, -0.15) is 0 Å². The molecule has 6 heavy (non-hydrogen) atoms. The molecular formula is C3H4Cl2O. The lowest BCUT2D eigenvalue weighted by Crippen LogP contribution is -1.98. The Balaban J connectivity index is 2.96. The molecular weight excluding hydrogens is 123 g/mol. The molecule has 1 nitrogen and oxygen atoms in total. The van der Waals surface area contributed by atoms with Gasteiger partial charge in [0.15, 0.2) is 0 Å². The number of rotatable bonds is 2. The van der Waals surface area contributed by atoms with Gasteiger partial charge in [-0.25, -0.2) is 0 Å². The van der Waals surface area contributed by atoms with Crippen molar-refractivity contribution in [2.45, 2.75) is 5.38 Å². The van der Waals surface area contributed by atoms with Crippen LogP contribution in [0.15, 0.2) is 0 Å². The van der Waals surface area contributed by atoms with Gasteiger partial charge in [-0.05, 0) is 0 Å². The van der Waals surface area contributed by atoms with E-state index in [2.05, 4.69) is 0 Å². The van der Waals surface area contributed by atoms with Gasteiger partial charge in [0.25, 0.3) is 0 Å². The van der Waals surface area contributed by atoms with E-state index in [0.29, 0.717) is 6.29 Å². The number of aldehydes is 1. The van der Waals surface area contributed by atoms with Crippen molar-refractivity contribution in [3.8, 4) is 0 Å². The van der Waals surface area contributed by atoms with E-state index >= 15 is 0 Å². The molecule has 36 valence electrons. The van der Waals surface area contributed by atoms with Crippen molar-refractivity contribution in [2.75, 3.05) is 5.88 Å². The van der Waals surface area contributed by atoms with Crippen LogP contribution in [0.3, 0.4) is 0 Å². The fourth-order valence-corrected chi connectivity index (χ4v) is 0.109. The quantitative estimate of drug-likeness (QED) is 0.400. The van der Waals surface area contributed by atoms with Crippen LogP contribution in [0.5, 0.6) is 0 Å². The molecule has 0 aliphatic rings. The Hall–Kier alpha value is 0.250. The van der Waals surface area contributed by atoms with Gasteiger partial charge in [0.05, 0.1) is 0 Å². The topological polar surface area (TPSA) is 17.1 Å². The van der Waals surface area contributed by atoms with E-state index in [0.717, 1.165) is 0 Å². The van der Waals surface area contributed by atoms with E-state index < -0.39 is 5.38 Å². The Morgan fingerprint density at radius 1 is 1.83 bits per heavy atom. The molecule has 0 N–H and O–H groups in total. The Morgan fingerprint density at radius 3 is 2.33 bits per heavy atom. The van der Waals surface area contributed by atoms with Crippen molar-refractivity contribution in [3.05, 3.63) is 0 Å². The normalized spacial score (nSPS) is 13.7. The summed E-state index contributed by atoms with van der Waals surface area (Å²) in [6.07, 6.45) is 0.606. The predicted octanol–water partition coefficient (Wildman–Crippen LogP) is 1.03. The maximum absolute atomic E-state index is 9.52. The molecule has 0 saturated carbocycles. The molecule has 0 unspecified atom stereocenters. The molecule has 0 rings (SSSR count). The van der Waals surface area contributed by atoms with Crippen molar-refractivity contribution < 1.29 is 4.79 Å². The maximum Gasteiger partial charge on any atom is 0.139 e. The van der Waals surface area contributed by atoms with Crippen LogP contribution in [0, 0.1) is 0 Å². The number of carbonyl (C=O) groups is 1. The lowest BCUT2D eigenvalue weighted by molar-refractivity contribution is -0.107. The van der Waals surface area contributed by atoms with Crippen molar-refractivity contribution in [1.29, 1.82) is 0 Å². The van der Waals surface area contributed by atoms with Gasteiger partial charge in [-0.1, -0.05) is 0 Å². The fraction of sp³-hybridized carbons (Fsp3) is 0.667. The molecule has 0 radical (unpaired) electrons. The summed E-state index contributed by atoms with van der Waals surface area (Å²) in [6.45, 7) is 0. The molecule has 0 aliphatic heterocycles. The van der Waals surface area contributed by atoms with Crippen LogP contribution in [0.2, 0.25) is 0 Å². The molecule has 0 aromatic rings. The van der Waals surface area contributed by atoms with Crippen LogP contribution in [-0.2, 0) is 4.79 Å². The third-order valence-corrected chi connectivity index (χ3v) is 1.04. The minimum Gasteiger partial charge on any atom is -0.302 e. The van der Waals surface area contributed by atoms with Crippen molar-refractivity contribution in [1.82, 2.24) is 0 Å². The molecule has 0 bridgehead atoms. The average Bonchev–Trinajstić information content (AvgIpc) is 1.65. The van der Waals surface area contributed by atoms with Crippen LogP contribution in [0.4, 0.5) is 0 Å². The summed E-state index contributed by atoms with van der Waals surface area (Å²) in [6, 6.07) is 0. The average molecular weight is 127 g/mol. The highest BCUT2D eigenvalue weighted by Crippen LogP contribution is 1.91.